The average Bonchev–Trinajstić information content (AvgIpc) is 3.30. The van der Waals surface area contributed by atoms with Gasteiger partial charge in [0.25, 0.3) is 0 Å². The molecule has 1 fully saturated rings. The number of hydrogen-bond acceptors (Lipinski definition) is 7. The van der Waals surface area contributed by atoms with Crippen LogP contribution >= 0.6 is 0 Å². The van der Waals surface area contributed by atoms with Gasteiger partial charge in [0.1, 0.15) is 0 Å². The number of carbonyl (C=O) groups is 1. The minimum atomic E-state index is -0.112. The van der Waals surface area contributed by atoms with Gasteiger partial charge in [-0.2, -0.15) is 9.67 Å². The summed E-state index contributed by atoms with van der Waals surface area (Å²) < 4.78 is 6.66. The number of anilines is 1. The highest BCUT2D eigenvalue weighted by molar-refractivity contribution is 5.89. The van der Waals surface area contributed by atoms with Gasteiger partial charge in [-0.3, -0.25) is 0 Å². The van der Waals surface area contributed by atoms with E-state index in [1.54, 1.807) is 11.6 Å². The zero-order chi connectivity index (χ0) is 19.5. The van der Waals surface area contributed by atoms with Crippen molar-refractivity contribution < 1.29 is 9.32 Å². The summed E-state index contributed by atoms with van der Waals surface area (Å²) in [5.74, 6) is 2.28. The van der Waals surface area contributed by atoms with Crippen LogP contribution in [0.2, 0.25) is 0 Å². The second kappa shape index (κ2) is 7.75. The van der Waals surface area contributed by atoms with Crippen LogP contribution in [0.15, 0.2) is 28.8 Å². The van der Waals surface area contributed by atoms with E-state index in [1.807, 2.05) is 36.1 Å². The molecular formula is C18H22N8O2. The SMILES string of the molecule is Cc1nc(CC2CCCN(C(=O)Nc3cccc(-n4nnnc4C)c3)C2)no1. The molecular weight excluding hydrogens is 360 g/mol. The molecule has 4 rings (SSSR count). The predicted octanol–water partition coefficient (Wildman–Crippen LogP) is 2.15. The first-order valence-electron chi connectivity index (χ1n) is 9.29. The maximum Gasteiger partial charge on any atom is 0.321 e. The van der Waals surface area contributed by atoms with Gasteiger partial charge in [-0.15, -0.1) is 5.10 Å². The molecule has 3 aromatic rings. The summed E-state index contributed by atoms with van der Waals surface area (Å²) in [6.07, 6.45) is 2.72. The quantitative estimate of drug-likeness (QED) is 0.735. The van der Waals surface area contributed by atoms with Gasteiger partial charge < -0.3 is 14.7 Å². The van der Waals surface area contributed by atoms with Crippen molar-refractivity contribution in [1.82, 2.24) is 35.2 Å². The molecule has 0 radical (unpaired) electrons. The Morgan fingerprint density at radius 1 is 1.36 bits per heavy atom. The number of hydrogen-bond donors (Lipinski definition) is 1. The molecule has 1 N–H and O–H groups in total. The molecule has 0 bridgehead atoms. The maximum absolute atomic E-state index is 12.8. The van der Waals surface area contributed by atoms with E-state index in [-0.39, 0.29) is 6.03 Å². The summed E-state index contributed by atoms with van der Waals surface area (Å²) >= 11 is 0. The van der Waals surface area contributed by atoms with Crippen molar-refractivity contribution in [1.29, 1.82) is 0 Å². The maximum atomic E-state index is 12.8. The minimum Gasteiger partial charge on any atom is -0.340 e. The fourth-order valence-electron chi connectivity index (χ4n) is 3.49. The van der Waals surface area contributed by atoms with Gasteiger partial charge in [0.2, 0.25) is 5.89 Å². The highest BCUT2D eigenvalue weighted by Gasteiger charge is 2.25. The normalized spacial score (nSPS) is 16.9. The van der Waals surface area contributed by atoms with Crippen molar-refractivity contribution in [3.63, 3.8) is 0 Å². The number of nitrogens with one attached hydrogen (secondary N) is 1. The highest BCUT2D eigenvalue weighted by atomic mass is 16.5. The Balaban J connectivity index is 1.40. The van der Waals surface area contributed by atoms with E-state index in [2.05, 4.69) is 31.0 Å². The number of rotatable bonds is 4. The molecule has 28 heavy (non-hydrogen) atoms. The Kier molecular flexibility index (Phi) is 5.00. The number of nitrogens with zero attached hydrogens (tertiary/aromatic N) is 7. The zero-order valence-corrected chi connectivity index (χ0v) is 15.9. The molecule has 1 atom stereocenters. The smallest absolute Gasteiger partial charge is 0.321 e. The molecule has 0 saturated carbocycles. The molecule has 3 heterocycles. The van der Waals surface area contributed by atoms with Crippen LogP contribution in [0.25, 0.3) is 5.69 Å². The van der Waals surface area contributed by atoms with Crippen LogP contribution in [0.5, 0.6) is 0 Å². The van der Waals surface area contributed by atoms with Gasteiger partial charge >= 0.3 is 6.03 Å². The van der Waals surface area contributed by atoms with Gasteiger partial charge in [-0.25, -0.2) is 4.79 Å². The first kappa shape index (κ1) is 18.1. The molecule has 1 aliphatic heterocycles. The Labute approximate surface area is 161 Å². The van der Waals surface area contributed by atoms with Crippen LogP contribution < -0.4 is 5.32 Å². The largest absolute Gasteiger partial charge is 0.340 e. The standard InChI is InChI=1S/C18H22N8O2/c1-12-21-23-24-26(12)16-7-3-6-15(10-16)20-18(27)25-8-4-5-14(11-25)9-17-19-13(2)28-22-17/h3,6-7,10,14H,4-5,8-9,11H2,1-2H3,(H,20,27). The van der Waals surface area contributed by atoms with Crippen LogP contribution in [-0.2, 0) is 6.42 Å². The number of tetrazole rings is 1. The van der Waals surface area contributed by atoms with Gasteiger partial charge in [-0.05, 0) is 54.3 Å². The molecule has 1 aromatic carbocycles. The van der Waals surface area contributed by atoms with E-state index in [1.165, 1.54) is 0 Å². The Morgan fingerprint density at radius 2 is 2.25 bits per heavy atom. The molecule has 2 amide bonds. The van der Waals surface area contributed by atoms with Crippen molar-refractivity contribution >= 4 is 11.7 Å². The lowest BCUT2D eigenvalue weighted by molar-refractivity contribution is 0.176. The van der Waals surface area contributed by atoms with Crippen molar-refractivity contribution in [2.75, 3.05) is 18.4 Å². The molecule has 1 aliphatic rings. The molecule has 0 spiro atoms. The minimum absolute atomic E-state index is 0.112. The topological polar surface area (TPSA) is 115 Å². The van der Waals surface area contributed by atoms with Crippen LogP contribution in [0.4, 0.5) is 10.5 Å². The number of amides is 2. The van der Waals surface area contributed by atoms with E-state index >= 15 is 0 Å². The number of piperidine rings is 1. The van der Waals surface area contributed by atoms with Gasteiger partial charge in [0.15, 0.2) is 11.6 Å². The van der Waals surface area contributed by atoms with Crippen LogP contribution in [0.3, 0.4) is 0 Å². The summed E-state index contributed by atoms with van der Waals surface area (Å²) in [6, 6.07) is 7.35. The van der Waals surface area contributed by atoms with Crippen molar-refractivity contribution in [2.45, 2.75) is 33.1 Å². The lowest BCUT2D eigenvalue weighted by Crippen LogP contribution is -2.42. The molecule has 1 unspecified atom stereocenters. The first-order valence-corrected chi connectivity index (χ1v) is 9.29. The van der Waals surface area contributed by atoms with E-state index in [4.69, 9.17) is 4.52 Å². The molecule has 10 heteroatoms. The third kappa shape index (κ3) is 4.00. The predicted molar refractivity (Wildman–Crippen MR) is 99.9 cm³/mol. The van der Waals surface area contributed by atoms with Gasteiger partial charge in [0, 0.05) is 32.1 Å². The van der Waals surface area contributed by atoms with Crippen molar-refractivity contribution in [2.24, 2.45) is 5.92 Å². The summed E-state index contributed by atoms with van der Waals surface area (Å²) in [7, 11) is 0. The Bertz CT molecular complexity index is 966. The number of urea groups is 1. The second-order valence-electron chi connectivity index (χ2n) is 7.01. The van der Waals surface area contributed by atoms with Crippen molar-refractivity contribution in [3.8, 4) is 5.69 Å². The molecule has 146 valence electrons. The number of aryl methyl sites for hydroxylation is 2. The van der Waals surface area contributed by atoms with Crippen LogP contribution in [0, 0.1) is 19.8 Å². The number of likely N-dealkylation sites (tertiary alicyclic amines) is 1. The van der Waals surface area contributed by atoms with E-state index < -0.39 is 0 Å². The molecule has 10 nitrogen and oxygen atoms in total. The first-order chi connectivity index (χ1) is 13.6. The molecule has 0 aliphatic carbocycles. The monoisotopic (exact) mass is 382 g/mol. The Hall–Kier alpha value is -3.30. The highest BCUT2D eigenvalue weighted by Crippen LogP contribution is 2.21. The summed E-state index contributed by atoms with van der Waals surface area (Å²) in [4.78, 5) is 18.9. The molecule has 1 saturated heterocycles. The lowest BCUT2D eigenvalue weighted by atomic mass is 9.95. The van der Waals surface area contributed by atoms with Crippen LogP contribution in [0.1, 0.15) is 30.4 Å². The fraction of sp³-hybridized carbons (Fsp3) is 0.444. The summed E-state index contributed by atoms with van der Waals surface area (Å²) in [5, 5.41) is 18.5. The number of benzene rings is 1. The molecule has 2 aromatic heterocycles. The third-order valence-electron chi connectivity index (χ3n) is 4.81. The van der Waals surface area contributed by atoms with E-state index in [0.717, 1.165) is 31.5 Å². The van der Waals surface area contributed by atoms with Crippen LogP contribution in [-0.4, -0.2) is 54.4 Å². The number of carbonyl (C=O) groups excluding carboxylic acids is 1. The third-order valence-corrected chi connectivity index (χ3v) is 4.81. The second-order valence-corrected chi connectivity index (χ2v) is 7.01. The Morgan fingerprint density at radius 3 is 3.00 bits per heavy atom. The lowest BCUT2D eigenvalue weighted by Gasteiger charge is -2.32. The zero-order valence-electron chi connectivity index (χ0n) is 15.9. The van der Waals surface area contributed by atoms with E-state index in [0.29, 0.717) is 35.7 Å². The van der Waals surface area contributed by atoms with Gasteiger partial charge in [0.05, 0.1) is 5.69 Å². The van der Waals surface area contributed by atoms with Gasteiger partial charge in [-0.1, -0.05) is 11.2 Å². The van der Waals surface area contributed by atoms with Crippen molar-refractivity contribution in [3.05, 3.63) is 41.8 Å². The number of aromatic nitrogens is 6. The fourth-order valence-corrected chi connectivity index (χ4v) is 3.49. The summed E-state index contributed by atoms with van der Waals surface area (Å²) in [6.45, 7) is 5.01. The van der Waals surface area contributed by atoms with E-state index in [9.17, 15) is 4.79 Å². The average molecular weight is 382 g/mol. The summed E-state index contributed by atoms with van der Waals surface area (Å²) in [5.41, 5.74) is 1.50.